The third kappa shape index (κ3) is 6.04. The van der Waals surface area contributed by atoms with E-state index in [1.807, 2.05) is 62.7 Å². The van der Waals surface area contributed by atoms with Crippen molar-refractivity contribution in [2.24, 2.45) is 0 Å². The third-order valence-electron chi connectivity index (χ3n) is 5.67. The molecule has 29 heavy (non-hydrogen) atoms. The normalized spacial score (nSPS) is 15.8. The zero-order chi connectivity index (χ0) is 21.1. The highest BCUT2D eigenvalue weighted by Crippen LogP contribution is 2.27. The smallest absolute Gasteiger partial charge is 0.183 e. The van der Waals surface area contributed by atoms with Crippen LogP contribution in [0.25, 0.3) is 0 Å². The number of carbonyl (C=O) groups excluding carboxylic acids is 1. The summed E-state index contributed by atoms with van der Waals surface area (Å²) < 4.78 is 5.38. The van der Waals surface area contributed by atoms with Gasteiger partial charge in [0.15, 0.2) is 5.78 Å². The van der Waals surface area contributed by atoms with E-state index in [4.69, 9.17) is 4.74 Å². The molecule has 3 rings (SSSR count). The fraction of sp³-hybridized carbons (Fsp3) is 0.440. The van der Waals surface area contributed by atoms with Crippen LogP contribution >= 0.6 is 0 Å². The van der Waals surface area contributed by atoms with Gasteiger partial charge in [0.1, 0.15) is 0 Å². The van der Waals surface area contributed by atoms with Gasteiger partial charge < -0.3 is 9.64 Å². The van der Waals surface area contributed by atoms with Crippen LogP contribution < -0.4 is 4.90 Å². The summed E-state index contributed by atoms with van der Waals surface area (Å²) in [6.45, 7) is 7.55. The maximum Gasteiger partial charge on any atom is 0.183 e. The molecule has 0 atom stereocenters. The molecule has 1 fully saturated rings. The minimum absolute atomic E-state index is 0.219. The second kappa shape index (κ2) is 11.6. The lowest BCUT2D eigenvalue weighted by molar-refractivity contribution is 0.0656. The first-order chi connectivity index (χ1) is 14.0. The average molecular weight is 395 g/mol. The Bertz CT molecular complexity index is 743. The quantitative estimate of drug-likeness (QED) is 0.519. The number of carbonyl (C=O) groups is 1. The predicted octanol–water partition coefficient (Wildman–Crippen LogP) is 4.65. The van der Waals surface area contributed by atoms with E-state index in [9.17, 15) is 4.79 Å². The zero-order valence-electron chi connectivity index (χ0n) is 18.2. The zero-order valence-corrected chi connectivity index (χ0v) is 18.2. The number of rotatable bonds is 6. The van der Waals surface area contributed by atoms with Crippen molar-refractivity contribution in [3.05, 3.63) is 72.0 Å². The Morgan fingerprint density at radius 3 is 2.03 bits per heavy atom. The van der Waals surface area contributed by atoms with Gasteiger partial charge in [-0.2, -0.15) is 0 Å². The van der Waals surface area contributed by atoms with Gasteiger partial charge in [0.05, 0.1) is 18.8 Å². The molecule has 1 aliphatic heterocycles. The molecule has 1 heterocycles. The molecule has 0 radical (unpaired) electrons. The lowest BCUT2D eigenvalue weighted by Gasteiger charge is -2.37. The first-order valence-electron chi connectivity index (χ1n) is 10.4. The highest BCUT2D eigenvalue weighted by Gasteiger charge is 2.37. The van der Waals surface area contributed by atoms with E-state index in [1.54, 1.807) is 0 Å². The molecule has 0 spiro atoms. The first kappa shape index (κ1) is 22.9. The summed E-state index contributed by atoms with van der Waals surface area (Å²) in [4.78, 5) is 17.3. The van der Waals surface area contributed by atoms with Crippen LogP contribution in [0.2, 0.25) is 0 Å². The Kier molecular flexibility index (Phi) is 9.14. The van der Waals surface area contributed by atoms with Crippen molar-refractivity contribution >= 4 is 11.5 Å². The topological polar surface area (TPSA) is 32.8 Å². The molecule has 4 heteroatoms. The Labute approximate surface area is 175 Å². The SMILES string of the molecule is C1=CC=CC=CC=1.CCC(CC)(C(=O)c1ccc(N2CCOCC2)cc1)N(C)C. The van der Waals surface area contributed by atoms with Crippen molar-refractivity contribution in [3.8, 4) is 0 Å². The molecular formula is C25H34N2O2. The maximum atomic E-state index is 13.0. The van der Waals surface area contributed by atoms with Gasteiger partial charge in [0.25, 0.3) is 0 Å². The molecular weight excluding hydrogens is 360 g/mol. The number of ether oxygens (including phenoxy) is 1. The second-order valence-electron chi connectivity index (χ2n) is 7.38. The van der Waals surface area contributed by atoms with Gasteiger partial charge in [-0.25, -0.2) is 0 Å². The first-order valence-corrected chi connectivity index (χ1v) is 10.4. The molecule has 0 amide bonds. The summed E-state index contributed by atoms with van der Waals surface area (Å²) in [6, 6.07) is 8.06. The van der Waals surface area contributed by atoms with E-state index in [0.717, 1.165) is 44.7 Å². The van der Waals surface area contributed by atoms with Crippen LogP contribution in [0.15, 0.2) is 66.5 Å². The Morgan fingerprint density at radius 2 is 1.55 bits per heavy atom. The Hall–Kier alpha value is -2.39. The fourth-order valence-electron chi connectivity index (χ4n) is 3.73. The van der Waals surface area contributed by atoms with E-state index >= 15 is 0 Å². The van der Waals surface area contributed by atoms with Crippen LogP contribution in [0.3, 0.4) is 0 Å². The fourth-order valence-corrected chi connectivity index (χ4v) is 3.73. The summed E-state index contributed by atoms with van der Waals surface area (Å²) in [6.07, 6.45) is 13.2. The van der Waals surface area contributed by atoms with Crippen LogP contribution in [0.4, 0.5) is 5.69 Å². The summed E-state index contributed by atoms with van der Waals surface area (Å²) in [5.74, 6) is 0.219. The van der Waals surface area contributed by atoms with Gasteiger partial charge in [0, 0.05) is 24.3 Å². The number of benzene rings is 1. The van der Waals surface area contributed by atoms with Gasteiger partial charge >= 0.3 is 0 Å². The highest BCUT2D eigenvalue weighted by atomic mass is 16.5. The van der Waals surface area contributed by atoms with Crippen LogP contribution in [0.1, 0.15) is 37.0 Å². The van der Waals surface area contributed by atoms with Crippen LogP contribution in [0, 0.1) is 0 Å². The molecule has 1 aromatic rings. The van der Waals surface area contributed by atoms with Crippen LogP contribution in [-0.4, -0.2) is 56.6 Å². The molecule has 0 bridgehead atoms. The number of hydrogen-bond donors (Lipinski definition) is 0. The van der Waals surface area contributed by atoms with Crippen LogP contribution in [-0.2, 0) is 4.74 Å². The number of hydrogen-bond acceptors (Lipinski definition) is 4. The lowest BCUT2D eigenvalue weighted by Crippen LogP contribution is -2.50. The highest BCUT2D eigenvalue weighted by molar-refractivity contribution is 6.03. The van der Waals surface area contributed by atoms with E-state index in [0.29, 0.717) is 0 Å². The summed E-state index contributed by atoms with van der Waals surface area (Å²) in [5.41, 5.74) is 4.49. The maximum absolute atomic E-state index is 13.0. The van der Waals surface area contributed by atoms with Gasteiger partial charge in [-0.1, -0.05) is 38.2 Å². The minimum atomic E-state index is -0.402. The van der Waals surface area contributed by atoms with Gasteiger partial charge in [-0.05, 0) is 63.4 Å². The van der Waals surface area contributed by atoms with Gasteiger partial charge in [0.2, 0.25) is 0 Å². The standard InChI is InChI=1S/C18H28N2O2.C7H6/c1-5-18(6-2,19(3)4)17(21)15-7-9-16(10-8-15)20-11-13-22-14-12-20;1-2-4-6-7-5-3-1/h7-10H,5-6,11-14H2,1-4H3;1-6H. The van der Waals surface area contributed by atoms with Gasteiger partial charge in [-0.3, -0.25) is 9.69 Å². The monoisotopic (exact) mass is 394 g/mol. The summed E-state index contributed by atoms with van der Waals surface area (Å²) in [7, 11) is 3.99. The summed E-state index contributed by atoms with van der Waals surface area (Å²) >= 11 is 0. The van der Waals surface area contributed by atoms with E-state index < -0.39 is 5.54 Å². The van der Waals surface area contributed by atoms with Crippen molar-refractivity contribution in [1.29, 1.82) is 0 Å². The number of Topliss-reactive ketones (excluding diaryl/α,β-unsaturated/α-hetero) is 1. The lowest BCUT2D eigenvalue weighted by atomic mass is 9.83. The van der Waals surface area contributed by atoms with Crippen molar-refractivity contribution in [2.75, 3.05) is 45.3 Å². The molecule has 2 aliphatic rings. The Balaban J connectivity index is 0.000000360. The molecule has 1 aromatic carbocycles. The van der Waals surface area contributed by atoms with Crippen molar-refractivity contribution in [3.63, 3.8) is 0 Å². The molecule has 1 aliphatic carbocycles. The predicted molar refractivity (Wildman–Crippen MR) is 122 cm³/mol. The number of ketones is 1. The van der Waals surface area contributed by atoms with Crippen molar-refractivity contribution < 1.29 is 9.53 Å². The molecule has 4 nitrogen and oxygen atoms in total. The minimum Gasteiger partial charge on any atom is -0.378 e. The van der Waals surface area contributed by atoms with Crippen molar-refractivity contribution in [2.45, 2.75) is 32.2 Å². The number of likely N-dealkylation sites (N-methyl/N-ethyl adjacent to an activating group) is 1. The molecule has 1 saturated heterocycles. The number of nitrogens with zero attached hydrogens (tertiary/aromatic N) is 2. The number of allylic oxidation sites excluding steroid dienone is 5. The third-order valence-corrected chi connectivity index (χ3v) is 5.67. The molecule has 0 unspecified atom stereocenters. The average Bonchev–Trinajstić information content (AvgIpc) is 3.09. The molecule has 0 saturated carbocycles. The summed E-state index contributed by atoms with van der Waals surface area (Å²) in [5, 5.41) is 0. The number of morpholine rings is 1. The van der Waals surface area contributed by atoms with E-state index in [2.05, 4.69) is 41.5 Å². The molecule has 156 valence electrons. The second-order valence-corrected chi connectivity index (χ2v) is 7.38. The molecule has 0 N–H and O–H groups in total. The van der Waals surface area contributed by atoms with Gasteiger partial charge in [-0.15, -0.1) is 5.73 Å². The molecule has 0 aromatic heterocycles. The number of anilines is 1. The largest absolute Gasteiger partial charge is 0.378 e. The van der Waals surface area contributed by atoms with Crippen LogP contribution in [0.5, 0.6) is 0 Å². The van der Waals surface area contributed by atoms with E-state index in [1.165, 1.54) is 5.69 Å². The Morgan fingerprint density at radius 1 is 1.00 bits per heavy atom. The van der Waals surface area contributed by atoms with E-state index in [-0.39, 0.29) is 5.78 Å². The van der Waals surface area contributed by atoms with Crippen molar-refractivity contribution in [1.82, 2.24) is 4.90 Å².